The van der Waals surface area contributed by atoms with Gasteiger partial charge in [0.15, 0.2) is 0 Å². The summed E-state index contributed by atoms with van der Waals surface area (Å²) < 4.78 is 18.5. The second-order valence-electron chi connectivity index (χ2n) is 5.75. The van der Waals surface area contributed by atoms with Crippen molar-refractivity contribution >= 4 is 28.6 Å². The van der Waals surface area contributed by atoms with Crippen LogP contribution in [0, 0.1) is 5.82 Å². The fourth-order valence-electron chi connectivity index (χ4n) is 2.36. The topological polar surface area (TPSA) is 64.1 Å². The number of hydrogen-bond donors (Lipinski definition) is 1. The Kier molecular flexibility index (Phi) is 5.41. The number of amides is 1. The summed E-state index contributed by atoms with van der Waals surface area (Å²) in [5.74, 6) is 0.396. The summed E-state index contributed by atoms with van der Waals surface area (Å²) in [4.78, 5) is 22.4. The SMILES string of the molecule is O=C(NCc1ccc(Oc2ccc(F)cc2)nc1)c1cnc(-c2cccs2)s1. The number of thiazole rings is 1. The van der Waals surface area contributed by atoms with Crippen LogP contribution in [-0.2, 0) is 6.54 Å². The van der Waals surface area contributed by atoms with Crippen LogP contribution in [-0.4, -0.2) is 15.9 Å². The molecule has 0 saturated carbocycles. The number of benzene rings is 1. The lowest BCUT2D eigenvalue weighted by Gasteiger charge is -2.06. The first-order valence-corrected chi connectivity index (χ1v) is 10.0. The molecule has 0 fully saturated rings. The summed E-state index contributed by atoms with van der Waals surface area (Å²) in [5.41, 5.74) is 0.836. The average molecular weight is 411 g/mol. The molecule has 0 aliphatic heterocycles. The van der Waals surface area contributed by atoms with Crippen LogP contribution in [0.2, 0.25) is 0 Å². The van der Waals surface area contributed by atoms with Crippen molar-refractivity contribution in [2.75, 3.05) is 0 Å². The number of nitrogens with zero attached hydrogens (tertiary/aromatic N) is 2. The summed E-state index contributed by atoms with van der Waals surface area (Å²) in [7, 11) is 0. The van der Waals surface area contributed by atoms with Gasteiger partial charge in [0.1, 0.15) is 21.5 Å². The number of carbonyl (C=O) groups excluding carboxylic acids is 1. The predicted molar refractivity (Wildman–Crippen MR) is 107 cm³/mol. The Labute approximate surface area is 168 Å². The Bertz CT molecular complexity index is 1060. The summed E-state index contributed by atoms with van der Waals surface area (Å²) in [6.45, 7) is 0.342. The van der Waals surface area contributed by atoms with Crippen molar-refractivity contribution in [3.8, 4) is 21.5 Å². The van der Waals surface area contributed by atoms with Crippen molar-refractivity contribution in [1.82, 2.24) is 15.3 Å². The highest BCUT2D eigenvalue weighted by Gasteiger charge is 2.12. The number of rotatable bonds is 6. The number of halogens is 1. The molecule has 3 aromatic heterocycles. The van der Waals surface area contributed by atoms with Gasteiger partial charge < -0.3 is 10.1 Å². The van der Waals surface area contributed by atoms with Crippen molar-refractivity contribution in [2.24, 2.45) is 0 Å². The predicted octanol–water partition coefficient (Wildman–Crippen LogP) is 5.13. The molecule has 28 heavy (non-hydrogen) atoms. The standard InChI is InChI=1S/C20H14FN3O2S2/c21-14-4-6-15(7-5-14)26-18-8-3-13(10-22-18)11-23-19(25)17-12-24-20(28-17)16-2-1-9-27-16/h1-10,12H,11H2,(H,23,25). The molecule has 3 heterocycles. The molecule has 0 atom stereocenters. The second kappa shape index (κ2) is 8.28. The number of carbonyl (C=O) groups is 1. The first kappa shape index (κ1) is 18.3. The second-order valence-corrected chi connectivity index (χ2v) is 7.73. The maximum Gasteiger partial charge on any atom is 0.263 e. The lowest BCUT2D eigenvalue weighted by molar-refractivity contribution is 0.0954. The van der Waals surface area contributed by atoms with Crippen LogP contribution in [0.1, 0.15) is 15.2 Å². The molecule has 0 unspecified atom stereocenters. The molecule has 0 radical (unpaired) electrons. The van der Waals surface area contributed by atoms with E-state index in [0.29, 0.717) is 23.1 Å². The molecule has 1 amide bonds. The quantitative estimate of drug-likeness (QED) is 0.478. The van der Waals surface area contributed by atoms with Gasteiger partial charge in [-0.25, -0.2) is 14.4 Å². The van der Waals surface area contributed by atoms with Crippen molar-refractivity contribution in [1.29, 1.82) is 0 Å². The summed E-state index contributed by atoms with van der Waals surface area (Å²) in [6.07, 6.45) is 3.22. The van der Waals surface area contributed by atoms with Crippen molar-refractivity contribution < 1.29 is 13.9 Å². The minimum Gasteiger partial charge on any atom is -0.439 e. The highest BCUT2D eigenvalue weighted by Crippen LogP contribution is 2.28. The number of thiophene rings is 1. The summed E-state index contributed by atoms with van der Waals surface area (Å²) in [5, 5.41) is 5.68. The largest absolute Gasteiger partial charge is 0.439 e. The highest BCUT2D eigenvalue weighted by atomic mass is 32.1. The van der Waals surface area contributed by atoms with Gasteiger partial charge in [0.25, 0.3) is 5.91 Å². The number of ether oxygens (including phenoxy) is 1. The monoisotopic (exact) mass is 411 g/mol. The minimum absolute atomic E-state index is 0.174. The van der Waals surface area contributed by atoms with E-state index in [-0.39, 0.29) is 11.7 Å². The zero-order valence-corrected chi connectivity index (χ0v) is 16.1. The van der Waals surface area contributed by atoms with Gasteiger partial charge in [0, 0.05) is 18.8 Å². The van der Waals surface area contributed by atoms with E-state index < -0.39 is 0 Å². The van der Waals surface area contributed by atoms with E-state index in [0.717, 1.165) is 15.4 Å². The van der Waals surface area contributed by atoms with Crippen LogP contribution in [0.5, 0.6) is 11.6 Å². The minimum atomic E-state index is -0.324. The molecular weight excluding hydrogens is 397 g/mol. The third-order valence-electron chi connectivity index (χ3n) is 3.75. The van der Waals surface area contributed by atoms with Gasteiger partial charge in [-0.05, 0) is 41.3 Å². The summed E-state index contributed by atoms with van der Waals surface area (Å²) >= 11 is 2.95. The fraction of sp³-hybridized carbons (Fsp3) is 0.0500. The molecule has 0 saturated heterocycles. The molecule has 1 N–H and O–H groups in total. The lowest BCUT2D eigenvalue weighted by Crippen LogP contribution is -2.21. The van der Waals surface area contributed by atoms with Gasteiger partial charge in [-0.1, -0.05) is 12.1 Å². The fourth-order valence-corrected chi connectivity index (χ4v) is 4.00. The number of hydrogen-bond acceptors (Lipinski definition) is 6. The Balaban J connectivity index is 1.33. The van der Waals surface area contributed by atoms with E-state index in [1.165, 1.54) is 35.6 Å². The highest BCUT2D eigenvalue weighted by molar-refractivity contribution is 7.21. The normalized spacial score (nSPS) is 10.6. The molecule has 4 rings (SSSR count). The molecule has 1 aromatic carbocycles. The van der Waals surface area contributed by atoms with Gasteiger partial charge in [0.2, 0.25) is 5.88 Å². The average Bonchev–Trinajstić information content (AvgIpc) is 3.41. The molecule has 4 aromatic rings. The van der Waals surface area contributed by atoms with Gasteiger partial charge in [-0.2, -0.15) is 0 Å². The molecule has 5 nitrogen and oxygen atoms in total. The van der Waals surface area contributed by atoms with Crippen LogP contribution < -0.4 is 10.1 Å². The molecule has 0 spiro atoms. The summed E-state index contributed by atoms with van der Waals surface area (Å²) in [6, 6.07) is 13.2. The van der Waals surface area contributed by atoms with E-state index in [1.54, 1.807) is 29.8 Å². The smallest absolute Gasteiger partial charge is 0.263 e. The van der Waals surface area contributed by atoms with Crippen molar-refractivity contribution in [3.05, 3.63) is 82.6 Å². The van der Waals surface area contributed by atoms with E-state index in [4.69, 9.17) is 4.74 Å². The zero-order valence-electron chi connectivity index (χ0n) is 14.5. The number of nitrogens with one attached hydrogen (secondary N) is 1. The van der Waals surface area contributed by atoms with Crippen LogP contribution in [0.25, 0.3) is 9.88 Å². The van der Waals surface area contributed by atoms with E-state index in [2.05, 4.69) is 15.3 Å². The Morgan fingerprint density at radius 3 is 2.64 bits per heavy atom. The van der Waals surface area contributed by atoms with E-state index in [1.807, 2.05) is 23.6 Å². The van der Waals surface area contributed by atoms with Crippen molar-refractivity contribution in [2.45, 2.75) is 6.54 Å². The molecule has 0 bridgehead atoms. The van der Waals surface area contributed by atoms with Crippen molar-refractivity contribution in [3.63, 3.8) is 0 Å². The molecule has 8 heteroatoms. The van der Waals surface area contributed by atoms with Crippen LogP contribution in [0.15, 0.2) is 66.3 Å². The van der Waals surface area contributed by atoms with Crippen LogP contribution in [0.3, 0.4) is 0 Å². The maximum atomic E-state index is 12.9. The van der Waals surface area contributed by atoms with Gasteiger partial charge in [0.05, 0.1) is 11.1 Å². The molecular formula is C20H14FN3O2S2. The maximum absolute atomic E-state index is 12.9. The van der Waals surface area contributed by atoms with E-state index in [9.17, 15) is 9.18 Å². The van der Waals surface area contributed by atoms with E-state index >= 15 is 0 Å². The Morgan fingerprint density at radius 2 is 1.93 bits per heavy atom. The molecule has 0 aliphatic rings. The molecule has 0 aliphatic carbocycles. The first-order chi connectivity index (χ1) is 13.7. The molecule has 140 valence electrons. The number of aromatic nitrogens is 2. The third kappa shape index (κ3) is 4.41. The van der Waals surface area contributed by atoms with Crippen LogP contribution in [0.4, 0.5) is 4.39 Å². The van der Waals surface area contributed by atoms with Gasteiger partial charge in [-0.3, -0.25) is 4.79 Å². The number of pyridine rings is 1. The van der Waals surface area contributed by atoms with Crippen LogP contribution >= 0.6 is 22.7 Å². The zero-order chi connectivity index (χ0) is 19.3. The van der Waals surface area contributed by atoms with Gasteiger partial charge >= 0.3 is 0 Å². The first-order valence-electron chi connectivity index (χ1n) is 8.33. The third-order valence-corrected chi connectivity index (χ3v) is 5.78. The lowest BCUT2D eigenvalue weighted by atomic mass is 10.3. The van der Waals surface area contributed by atoms with Gasteiger partial charge in [-0.15, -0.1) is 22.7 Å². The Hall–Kier alpha value is -3.10. The Morgan fingerprint density at radius 1 is 1.07 bits per heavy atom.